The molecule has 3 heterocycles. The third kappa shape index (κ3) is 2.70. The molecule has 0 atom stereocenters. The van der Waals surface area contributed by atoms with Crippen LogP contribution in [0.3, 0.4) is 0 Å². The molecule has 0 bridgehead atoms. The number of piperazine rings is 1. The highest BCUT2D eigenvalue weighted by atomic mass is 35.5. The molecule has 1 aliphatic heterocycles. The Morgan fingerprint density at radius 2 is 2.11 bits per heavy atom. The van der Waals surface area contributed by atoms with Crippen molar-refractivity contribution in [2.75, 3.05) is 31.1 Å². The second-order valence-electron chi connectivity index (χ2n) is 4.45. The molecule has 1 N–H and O–H groups in total. The van der Waals surface area contributed by atoms with Crippen LogP contribution in [0.15, 0.2) is 12.3 Å². The van der Waals surface area contributed by atoms with Gasteiger partial charge in [-0.2, -0.15) is 0 Å². The molecule has 0 aliphatic carbocycles. The lowest BCUT2D eigenvalue weighted by atomic mass is 10.2. The van der Waals surface area contributed by atoms with Crippen LogP contribution < -0.4 is 10.2 Å². The molecule has 0 amide bonds. The van der Waals surface area contributed by atoms with Crippen LogP contribution in [0.1, 0.15) is 5.56 Å². The molecule has 0 saturated carbocycles. The Bertz CT molecular complexity index is 579. The van der Waals surface area contributed by atoms with Crippen LogP contribution in [0, 0.1) is 6.92 Å². The zero-order chi connectivity index (χ0) is 13.2. The lowest BCUT2D eigenvalue weighted by molar-refractivity contribution is 0.587. The molecule has 1 fully saturated rings. The molecule has 100 valence electrons. The Morgan fingerprint density at radius 1 is 1.32 bits per heavy atom. The minimum Gasteiger partial charge on any atom is -0.344 e. The highest BCUT2D eigenvalue weighted by molar-refractivity contribution is 7.18. The Morgan fingerprint density at radius 3 is 2.84 bits per heavy atom. The fourth-order valence-electron chi connectivity index (χ4n) is 2.05. The quantitative estimate of drug-likeness (QED) is 0.859. The molecule has 0 unspecified atom stereocenters. The minimum absolute atomic E-state index is 0.507. The van der Waals surface area contributed by atoms with Crippen LogP contribution in [0.5, 0.6) is 0 Å². The van der Waals surface area contributed by atoms with Gasteiger partial charge in [0.2, 0.25) is 5.13 Å². The number of anilines is 1. The molecule has 0 radical (unpaired) electrons. The van der Waals surface area contributed by atoms with Gasteiger partial charge in [-0.3, -0.25) is 0 Å². The van der Waals surface area contributed by atoms with Gasteiger partial charge >= 0.3 is 0 Å². The summed E-state index contributed by atoms with van der Waals surface area (Å²) in [6.45, 7) is 5.96. The number of aromatic nitrogens is 3. The van der Waals surface area contributed by atoms with Gasteiger partial charge in [-0.25, -0.2) is 4.98 Å². The average Bonchev–Trinajstić information content (AvgIpc) is 2.89. The molecule has 1 aliphatic rings. The third-order valence-corrected chi connectivity index (χ3v) is 4.33. The molecule has 2 aromatic rings. The van der Waals surface area contributed by atoms with Crippen LogP contribution >= 0.6 is 22.9 Å². The van der Waals surface area contributed by atoms with Crippen LogP contribution in [0.2, 0.25) is 5.15 Å². The van der Waals surface area contributed by atoms with Gasteiger partial charge in [0.25, 0.3) is 0 Å². The SMILES string of the molecule is Cc1cc(Cl)ncc1-c1nnc(N2CCNCC2)s1. The van der Waals surface area contributed by atoms with E-state index >= 15 is 0 Å². The molecule has 0 aromatic carbocycles. The van der Waals surface area contributed by atoms with Crippen molar-refractivity contribution < 1.29 is 0 Å². The summed E-state index contributed by atoms with van der Waals surface area (Å²) in [7, 11) is 0. The van der Waals surface area contributed by atoms with Crippen LogP contribution in [-0.2, 0) is 0 Å². The summed E-state index contributed by atoms with van der Waals surface area (Å²) in [6.07, 6.45) is 1.76. The number of hydrogen-bond donors (Lipinski definition) is 1. The summed E-state index contributed by atoms with van der Waals surface area (Å²) in [5.41, 5.74) is 2.08. The monoisotopic (exact) mass is 295 g/mol. The van der Waals surface area contributed by atoms with Crippen LogP contribution in [0.25, 0.3) is 10.6 Å². The van der Waals surface area contributed by atoms with E-state index in [2.05, 4.69) is 25.4 Å². The van der Waals surface area contributed by atoms with E-state index in [0.29, 0.717) is 5.15 Å². The van der Waals surface area contributed by atoms with E-state index in [0.717, 1.165) is 47.4 Å². The van der Waals surface area contributed by atoms with E-state index < -0.39 is 0 Å². The lowest BCUT2D eigenvalue weighted by Gasteiger charge is -2.26. The van der Waals surface area contributed by atoms with E-state index in [1.165, 1.54) is 0 Å². The average molecular weight is 296 g/mol. The van der Waals surface area contributed by atoms with Crippen molar-refractivity contribution in [2.24, 2.45) is 0 Å². The number of rotatable bonds is 2. The summed E-state index contributed by atoms with van der Waals surface area (Å²) in [5, 5.41) is 14.3. The van der Waals surface area contributed by atoms with Crippen molar-refractivity contribution in [2.45, 2.75) is 6.92 Å². The highest BCUT2D eigenvalue weighted by Gasteiger charge is 2.16. The van der Waals surface area contributed by atoms with E-state index in [1.807, 2.05) is 13.0 Å². The first-order chi connectivity index (χ1) is 9.24. The van der Waals surface area contributed by atoms with Gasteiger partial charge in [-0.15, -0.1) is 10.2 Å². The van der Waals surface area contributed by atoms with Crippen molar-refractivity contribution in [3.8, 4) is 10.6 Å². The summed E-state index contributed by atoms with van der Waals surface area (Å²) in [5.74, 6) is 0. The molecule has 5 nitrogen and oxygen atoms in total. The van der Waals surface area contributed by atoms with Gasteiger partial charge in [0.05, 0.1) is 0 Å². The summed E-state index contributed by atoms with van der Waals surface area (Å²) in [6, 6.07) is 1.85. The maximum atomic E-state index is 5.87. The Labute approximate surface area is 120 Å². The van der Waals surface area contributed by atoms with E-state index in [-0.39, 0.29) is 0 Å². The molecule has 2 aromatic heterocycles. The van der Waals surface area contributed by atoms with Gasteiger partial charge in [0.1, 0.15) is 5.15 Å². The van der Waals surface area contributed by atoms with Gasteiger partial charge in [-0.05, 0) is 18.6 Å². The Kier molecular flexibility index (Phi) is 3.63. The van der Waals surface area contributed by atoms with Crippen molar-refractivity contribution in [1.82, 2.24) is 20.5 Å². The Hall–Kier alpha value is -1.24. The molecule has 0 spiro atoms. The number of nitrogens with one attached hydrogen (secondary N) is 1. The number of halogens is 1. The van der Waals surface area contributed by atoms with Crippen molar-refractivity contribution in [3.63, 3.8) is 0 Å². The Balaban J connectivity index is 1.87. The van der Waals surface area contributed by atoms with Crippen LogP contribution in [0.4, 0.5) is 5.13 Å². The summed E-state index contributed by atoms with van der Waals surface area (Å²) >= 11 is 7.48. The first kappa shape index (κ1) is 12.8. The first-order valence-corrected chi connectivity index (χ1v) is 7.35. The normalized spacial score (nSPS) is 15.8. The minimum atomic E-state index is 0.507. The standard InChI is InChI=1S/C12H14ClN5S/c1-8-6-10(13)15-7-9(8)11-16-17-12(19-11)18-4-2-14-3-5-18/h6-7,14H,2-5H2,1H3. The lowest BCUT2D eigenvalue weighted by Crippen LogP contribution is -2.43. The largest absolute Gasteiger partial charge is 0.344 e. The topological polar surface area (TPSA) is 53.9 Å². The first-order valence-electron chi connectivity index (χ1n) is 6.16. The predicted octanol–water partition coefficient (Wildman–Crippen LogP) is 1.97. The fraction of sp³-hybridized carbons (Fsp3) is 0.417. The van der Waals surface area contributed by atoms with E-state index in [9.17, 15) is 0 Å². The van der Waals surface area contributed by atoms with E-state index in [4.69, 9.17) is 11.6 Å². The molecule has 3 rings (SSSR count). The second-order valence-corrected chi connectivity index (χ2v) is 5.79. The third-order valence-electron chi connectivity index (χ3n) is 3.11. The number of aryl methyl sites for hydroxylation is 1. The maximum absolute atomic E-state index is 5.87. The van der Waals surface area contributed by atoms with E-state index in [1.54, 1.807) is 17.5 Å². The van der Waals surface area contributed by atoms with Gasteiger partial charge in [0.15, 0.2) is 5.01 Å². The van der Waals surface area contributed by atoms with Gasteiger partial charge in [-0.1, -0.05) is 22.9 Å². The molecular weight excluding hydrogens is 282 g/mol. The zero-order valence-electron chi connectivity index (χ0n) is 10.6. The molecule has 7 heteroatoms. The number of hydrogen-bond acceptors (Lipinski definition) is 6. The molecule has 19 heavy (non-hydrogen) atoms. The predicted molar refractivity (Wildman–Crippen MR) is 78.0 cm³/mol. The summed E-state index contributed by atoms with van der Waals surface area (Å²) < 4.78 is 0. The highest BCUT2D eigenvalue weighted by Crippen LogP contribution is 2.31. The van der Waals surface area contributed by atoms with Crippen molar-refractivity contribution in [1.29, 1.82) is 0 Å². The molecular formula is C12H14ClN5S. The number of nitrogens with zero attached hydrogens (tertiary/aromatic N) is 4. The second kappa shape index (κ2) is 5.40. The zero-order valence-corrected chi connectivity index (χ0v) is 12.1. The smallest absolute Gasteiger partial charge is 0.208 e. The van der Waals surface area contributed by atoms with Crippen LogP contribution in [-0.4, -0.2) is 41.4 Å². The molecule has 1 saturated heterocycles. The van der Waals surface area contributed by atoms with Gasteiger partial charge < -0.3 is 10.2 Å². The number of pyridine rings is 1. The summed E-state index contributed by atoms with van der Waals surface area (Å²) in [4.78, 5) is 6.38. The maximum Gasteiger partial charge on any atom is 0.208 e. The van der Waals surface area contributed by atoms with Gasteiger partial charge in [0, 0.05) is 37.9 Å². The van der Waals surface area contributed by atoms with Crippen molar-refractivity contribution >= 4 is 28.1 Å². The van der Waals surface area contributed by atoms with Crippen molar-refractivity contribution in [3.05, 3.63) is 23.0 Å². The fourth-order valence-corrected chi connectivity index (χ4v) is 3.24.